The molecule has 0 amide bonds. The second kappa shape index (κ2) is 5.74. The van der Waals surface area contributed by atoms with E-state index in [9.17, 15) is 0 Å². The SMILES string of the molecule is CC(Nc1ccccc1CN(C)C)c1ccoc1. The van der Waals surface area contributed by atoms with E-state index in [1.165, 1.54) is 11.3 Å². The maximum absolute atomic E-state index is 5.12. The molecule has 1 N–H and O–H groups in total. The number of nitrogens with one attached hydrogen (secondary N) is 1. The van der Waals surface area contributed by atoms with E-state index in [2.05, 4.69) is 55.5 Å². The van der Waals surface area contributed by atoms with Crippen LogP contribution in [0.2, 0.25) is 0 Å². The highest BCUT2D eigenvalue weighted by molar-refractivity contribution is 5.52. The summed E-state index contributed by atoms with van der Waals surface area (Å²) < 4.78 is 5.12. The molecule has 0 saturated heterocycles. The van der Waals surface area contributed by atoms with Crippen LogP contribution in [0.5, 0.6) is 0 Å². The first-order chi connectivity index (χ1) is 8.66. The number of hydrogen-bond acceptors (Lipinski definition) is 3. The molecule has 2 rings (SSSR count). The predicted molar refractivity (Wildman–Crippen MR) is 74.6 cm³/mol. The Morgan fingerprint density at radius 1 is 1.22 bits per heavy atom. The van der Waals surface area contributed by atoms with Crippen LogP contribution in [-0.4, -0.2) is 19.0 Å². The fourth-order valence-corrected chi connectivity index (χ4v) is 1.98. The molecule has 1 unspecified atom stereocenters. The lowest BCUT2D eigenvalue weighted by Gasteiger charge is -2.19. The van der Waals surface area contributed by atoms with Gasteiger partial charge in [-0.25, -0.2) is 0 Å². The van der Waals surface area contributed by atoms with Crippen molar-refractivity contribution in [3.63, 3.8) is 0 Å². The van der Waals surface area contributed by atoms with Crippen LogP contribution < -0.4 is 5.32 Å². The van der Waals surface area contributed by atoms with Gasteiger partial charge in [-0.2, -0.15) is 0 Å². The molecule has 1 atom stereocenters. The third-order valence-corrected chi connectivity index (χ3v) is 2.92. The third-order valence-electron chi connectivity index (χ3n) is 2.92. The minimum Gasteiger partial charge on any atom is -0.472 e. The summed E-state index contributed by atoms with van der Waals surface area (Å²) in [6.45, 7) is 3.07. The standard InChI is InChI=1S/C15H20N2O/c1-12(14-8-9-18-11-14)16-15-7-5-4-6-13(15)10-17(2)3/h4-9,11-12,16H,10H2,1-3H3. The van der Waals surface area contributed by atoms with Crippen molar-refractivity contribution in [1.29, 1.82) is 0 Å². The van der Waals surface area contributed by atoms with Crippen molar-refractivity contribution in [3.8, 4) is 0 Å². The molecule has 3 heteroatoms. The molecule has 18 heavy (non-hydrogen) atoms. The van der Waals surface area contributed by atoms with Crippen molar-refractivity contribution in [2.45, 2.75) is 19.5 Å². The maximum Gasteiger partial charge on any atom is 0.0955 e. The molecule has 1 aromatic heterocycles. The van der Waals surface area contributed by atoms with Gasteiger partial charge < -0.3 is 14.6 Å². The maximum atomic E-state index is 5.12. The Morgan fingerprint density at radius 2 is 2.00 bits per heavy atom. The molecule has 0 aliphatic heterocycles. The molecule has 0 aliphatic carbocycles. The van der Waals surface area contributed by atoms with E-state index in [1.54, 1.807) is 12.5 Å². The second-order valence-corrected chi connectivity index (χ2v) is 4.82. The zero-order valence-electron chi connectivity index (χ0n) is 11.2. The van der Waals surface area contributed by atoms with Crippen LogP contribution in [0.4, 0.5) is 5.69 Å². The second-order valence-electron chi connectivity index (χ2n) is 4.82. The molecule has 0 bridgehead atoms. The predicted octanol–water partition coefficient (Wildman–Crippen LogP) is 3.51. The first kappa shape index (κ1) is 12.7. The Morgan fingerprint density at radius 3 is 2.67 bits per heavy atom. The van der Waals surface area contributed by atoms with Crippen LogP contribution in [0.25, 0.3) is 0 Å². The van der Waals surface area contributed by atoms with Gasteiger partial charge in [-0.05, 0) is 38.7 Å². The smallest absolute Gasteiger partial charge is 0.0955 e. The van der Waals surface area contributed by atoms with Crippen LogP contribution >= 0.6 is 0 Å². The zero-order chi connectivity index (χ0) is 13.0. The van der Waals surface area contributed by atoms with Crippen molar-refractivity contribution >= 4 is 5.69 Å². The molecule has 1 aromatic carbocycles. The topological polar surface area (TPSA) is 28.4 Å². The average Bonchev–Trinajstić information content (AvgIpc) is 2.84. The van der Waals surface area contributed by atoms with Crippen LogP contribution in [-0.2, 0) is 6.54 Å². The summed E-state index contributed by atoms with van der Waals surface area (Å²) in [4.78, 5) is 2.17. The number of rotatable bonds is 5. The van der Waals surface area contributed by atoms with Crippen LogP contribution in [0, 0.1) is 0 Å². The van der Waals surface area contributed by atoms with E-state index in [0.29, 0.717) is 0 Å². The normalized spacial score (nSPS) is 12.7. The van der Waals surface area contributed by atoms with Gasteiger partial charge in [0.2, 0.25) is 0 Å². The number of hydrogen-bond donors (Lipinski definition) is 1. The molecule has 0 fully saturated rings. The fourth-order valence-electron chi connectivity index (χ4n) is 1.98. The summed E-state index contributed by atoms with van der Waals surface area (Å²) in [5.41, 5.74) is 3.65. The van der Waals surface area contributed by atoms with Gasteiger partial charge in [0.1, 0.15) is 0 Å². The highest BCUT2D eigenvalue weighted by Gasteiger charge is 2.09. The molecular weight excluding hydrogens is 224 g/mol. The van der Waals surface area contributed by atoms with Crippen molar-refractivity contribution in [2.75, 3.05) is 19.4 Å². The largest absolute Gasteiger partial charge is 0.472 e. The Hall–Kier alpha value is -1.74. The number of benzene rings is 1. The van der Waals surface area contributed by atoms with E-state index in [4.69, 9.17) is 4.42 Å². The molecule has 96 valence electrons. The van der Waals surface area contributed by atoms with Crippen LogP contribution in [0.15, 0.2) is 47.3 Å². The van der Waals surface area contributed by atoms with Crippen LogP contribution in [0.1, 0.15) is 24.1 Å². The van der Waals surface area contributed by atoms with Gasteiger partial charge in [-0.15, -0.1) is 0 Å². The Bertz CT molecular complexity index is 477. The molecule has 0 aliphatic rings. The molecule has 3 nitrogen and oxygen atoms in total. The first-order valence-electron chi connectivity index (χ1n) is 6.18. The van der Waals surface area contributed by atoms with Gasteiger partial charge in [0.25, 0.3) is 0 Å². The van der Waals surface area contributed by atoms with Gasteiger partial charge in [-0.3, -0.25) is 0 Å². The summed E-state index contributed by atoms with van der Waals surface area (Å²) in [5.74, 6) is 0. The van der Waals surface area contributed by atoms with E-state index in [0.717, 1.165) is 12.1 Å². The summed E-state index contributed by atoms with van der Waals surface area (Å²) in [6, 6.07) is 10.6. The highest BCUT2D eigenvalue weighted by atomic mass is 16.3. The van der Waals surface area contributed by atoms with E-state index in [1.807, 2.05) is 6.07 Å². The third kappa shape index (κ3) is 3.14. The summed E-state index contributed by atoms with van der Waals surface area (Å²) >= 11 is 0. The molecular formula is C15H20N2O. The van der Waals surface area contributed by atoms with Crippen LogP contribution in [0.3, 0.4) is 0 Å². The lowest BCUT2D eigenvalue weighted by molar-refractivity contribution is 0.403. The molecule has 0 spiro atoms. The summed E-state index contributed by atoms with van der Waals surface area (Å²) in [6.07, 6.45) is 3.49. The Balaban J connectivity index is 2.13. The van der Waals surface area contributed by atoms with E-state index < -0.39 is 0 Å². The first-order valence-corrected chi connectivity index (χ1v) is 6.18. The van der Waals surface area contributed by atoms with Crippen molar-refractivity contribution < 1.29 is 4.42 Å². The van der Waals surface area contributed by atoms with Crippen molar-refractivity contribution in [1.82, 2.24) is 4.90 Å². The zero-order valence-corrected chi connectivity index (χ0v) is 11.2. The van der Waals surface area contributed by atoms with Crippen molar-refractivity contribution in [3.05, 3.63) is 54.0 Å². The van der Waals surface area contributed by atoms with E-state index >= 15 is 0 Å². The minimum atomic E-state index is 0.243. The monoisotopic (exact) mass is 244 g/mol. The summed E-state index contributed by atoms with van der Waals surface area (Å²) in [5, 5.41) is 3.53. The average molecular weight is 244 g/mol. The number of nitrogens with zero attached hydrogens (tertiary/aromatic N) is 1. The molecule has 2 aromatic rings. The minimum absolute atomic E-state index is 0.243. The number of para-hydroxylation sites is 1. The van der Waals surface area contributed by atoms with Gasteiger partial charge in [0.15, 0.2) is 0 Å². The lowest BCUT2D eigenvalue weighted by Crippen LogP contribution is -2.14. The molecule has 1 heterocycles. The van der Waals surface area contributed by atoms with E-state index in [-0.39, 0.29) is 6.04 Å². The highest BCUT2D eigenvalue weighted by Crippen LogP contribution is 2.23. The van der Waals surface area contributed by atoms with Crippen molar-refractivity contribution in [2.24, 2.45) is 0 Å². The Labute approximate surface area is 108 Å². The lowest BCUT2D eigenvalue weighted by atomic mass is 10.1. The molecule has 0 radical (unpaired) electrons. The van der Waals surface area contributed by atoms with Gasteiger partial charge in [-0.1, -0.05) is 18.2 Å². The quantitative estimate of drug-likeness (QED) is 0.872. The summed E-state index contributed by atoms with van der Waals surface area (Å²) in [7, 11) is 4.16. The molecule has 0 saturated carbocycles. The van der Waals surface area contributed by atoms with Gasteiger partial charge >= 0.3 is 0 Å². The number of anilines is 1. The van der Waals surface area contributed by atoms with Gasteiger partial charge in [0, 0.05) is 17.8 Å². The number of furan rings is 1. The van der Waals surface area contributed by atoms with Gasteiger partial charge in [0.05, 0.1) is 18.6 Å². The fraction of sp³-hybridized carbons (Fsp3) is 0.333. The Kier molecular flexibility index (Phi) is 4.05.